The molecule has 1 atom stereocenters. The molecule has 6 heteroatoms. The van der Waals surface area contributed by atoms with Crippen LogP contribution >= 0.6 is 0 Å². The number of likely N-dealkylation sites (tertiary alicyclic amines) is 1. The van der Waals surface area contributed by atoms with E-state index in [1.165, 1.54) is 0 Å². The highest BCUT2D eigenvalue weighted by Gasteiger charge is 2.26. The maximum absolute atomic E-state index is 12.3. The summed E-state index contributed by atoms with van der Waals surface area (Å²) in [6.07, 6.45) is 1.40. The molecule has 0 spiro atoms. The van der Waals surface area contributed by atoms with Crippen molar-refractivity contribution in [1.29, 1.82) is 0 Å². The zero-order chi connectivity index (χ0) is 17.6. The number of ether oxygens (including phenoxy) is 2. The second-order valence-electron chi connectivity index (χ2n) is 6.26. The summed E-state index contributed by atoms with van der Waals surface area (Å²) in [5, 5.41) is 0. The summed E-state index contributed by atoms with van der Waals surface area (Å²) in [6.45, 7) is 5.24. The number of piperidine rings is 1. The molecule has 1 fully saturated rings. The van der Waals surface area contributed by atoms with Gasteiger partial charge in [0, 0.05) is 18.3 Å². The van der Waals surface area contributed by atoms with E-state index in [1.54, 1.807) is 4.90 Å². The molecule has 0 radical (unpaired) electrons. The number of hydrogen-bond acceptors (Lipinski definition) is 5. The lowest BCUT2D eigenvalue weighted by molar-refractivity contribution is 0.0535. The summed E-state index contributed by atoms with van der Waals surface area (Å²) in [5.41, 5.74) is 1.85. The summed E-state index contributed by atoms with van der Waals surface area (Å²) in [4.78, 5) is 22.6. The van der Waals surface area contributed by atoms with Crippen LogP contribution in [0.4, 0.5) is 4.79 Å². The molecule has 0 aliphatic carbocycles. The van der Waals surface area contributed by atoms with Gasteiger partial charge in [-0.05, 0) is 32.3 Å². The number of amides is 1. The van der Waals surface area contributed by atoms with Crippen LogP contribution in [0.1, 0.15) is 29.9 Å². The molecule has 1 aromatic carbocycles. The molecule has 2 heterocycles. The van der Waals surface area contributed by atoms with Crippen molar-refractivity contribution in [2.75, 3.05) is 13.1 Å². The molecule has 0 N–H and O–H groups in total. The van der Waals surface area contributed by atoms with Crippen molar-refractivity contribution in [2.45, 2.75) is 39.4 Å². The van der Waals surface area contributed by atoms with Gasteiger partial charge in [-0.15, -0.1) is 0 Å². The van der Waals surface area contributed by atoms with Crippen LogP contribution in [0.2, 0.25) is 0 Å². The Bertz CT molecular complexity index is 701. The SMILES string of the molecule is Cc1cc(OC2CCCN(C(=O)OCc3ccccc3)C2)nc(C)n1. The first-order valence-electron chi connectivity index (χ1n) is 8.55. The van der Waals surface area contributed by atoms with E-state index in [9.17, 15) is 4.79 Å². The summed E-state index contributed by atoms with van der Waals surface area (Å²) >= 11 is 0. The van der Waals surface area contributed by atoms with Crippen LogP contribution in [-0.4, -0.2) is 40.2 Å². The van der Waals surface area contributed by atoms with Gasteiger partial charge in [0.05, 0.1) is 6.54 Å². The first kappa shape index (κ1) is 17.2. The minimum absolute atomic E-state index is 0.0771. The molecular formula is C19H23N3O3. The minimum Gasteiger partial charge on any atom is -0.472 e. The molecule has 25 heavy (non-hydrogen) atoms. The average Bonchev–Trinajstić information content (AvgIpc) is 2.60. The number of carbonyl (C=O) groups is 1. The van der Waals surface area contributed by atoms with Crippen molar-refractivity contribution in [1.82, 2.24) is 14.9 Å². The van der Waals surface area contributed by atoms with E-state index < -0.39 is 0 Å². The number of aromatic nitrogens is 2. The summed E-state index contributed by atoms with van der Waals surface area (Å²) < 4.78 is 11.4. The summed E-state index contributed by atoms with van der Waals surface area (Å²) in [7, 11) is 0. The lowest BCUT2D eigenvalue weighted by Crippen LogP contribution is -2.44. The zero-order valence-electron chi connectivity index (χ0n) is 14.6. The summed E-state index contributed by atoms with van der Waals surface area (Å²) in [6, 6.07) is 11.5. The first-order valence-corrected chi connectivity index (χ1v) is 8.55. The molecule has 0 bridgehead atoms. The molecular weight excluding hydrogens is 318 g/mol. The van der Waals surface area contributed by atoms with Gasteiger partial charge in [-0.1, -0.05) is 30.3 Å². The van der Waals surface area contributed by atoms with Crippen LogP contribution in [0.25, 0.3) is 0 Å². The molecule has 0 saturated carbocycles. The maximum atomic E-state index is 12.3. The fourth-order valence-electron chi connectivity index (χ4n) is 2.92. The number of rotatable bonds is 4. The van der Waals surface area contributed by atoms with Gasteiger partial charge in [0.25, 0.3) is 0 Å². The van der Waals surface area contributed by atoms with Gasteiger partial charge in [-0.3, -0.25) is 0 Å². The topological polar surface area (TPSA) is 64.5 Å². The fourth-order valence-corrected chi connectivity index (χ4v) is 2.92. The first-order chi connectivity index (χ1) is 12.1. The summed E-state index contributed by atoms with van der Waals surface area (Å²) in [5.74, 6) is 1.25. The van der Waals surface area contributed by atoms with E-state index in [2.05, 4.69) is 9.97 Å². The molecule has 1 aromatic heterocycles. The van der Waals surface area contributed by atoms with Gasteiger partial charge >= 0.3 is 6.09 Å². The van der Waals surface area contributed by atoms with Crippen LogP contribution < -0.4 is 4.74 Å². The molecule has 1 saturated heterocycles. The molecule has 2 aromatic rings. The minimum atomic E-state index is -0.299. The Morgan fingerprint density at radius 1 is 1.24 bits per heavy atom. The second-order valence-corrected chi connectivity index (χ2v) is 6.26. The van der Waals surface area contributed by atoms with Crippen molar-refractivity contribution in [3.8, 4) is 5.88 Å². The van der Waals surface area contributed by atoms with Gasteiger partial charge in [0.15, 0.2) is 0 Å². The van der Waals surface area contributed by atoms with Crippen LogP contribution in [0.3, 0.4) is 0 Å². The van der Waals surface area contributed by atoms with E-state index >= 15 is 0 Å². The number of nitrogens with zero attached hydrogens (tertiary/aromatic N) is 3. The highest BCUT2D eigenvalue weighted by molar-refractivity contribution is 5.67. The third-order valence-corrected chi connectivity index (χ3v) is 4.07. The Kier molecular flexibility index (Phi) is 5.48. The van der Waals surface area contributed by atoms with Crippen molar-refractivity contribution in [2.24, 2.45) is 0 Å². The standard InChI is InChI=1S/C19H23N3O3/c1-14-11-18(21-15(2)20-14)25-17-9-6-10-22(12-17)19(23)24-13-16-7-4-3-5-8-16/h3-5,7-8,11,17H,6,9-10,12-13H2,1-2H3. The molecule has 1 aliphatic heterocycles. The van der Waals surface area contributed by atoms with Gasteiger partial charge in [0.1, 0.15) is 18.5 Å². The van der Waals surface area contributed by atoms with E-state index in [4.69, 9.17) is 9.47 Å². The largest absolute Gasteiger partial charge is 0.472 e. The van der Waals surface area contributed by atoms with Gasteiger partial charge < -0.3 is 14.4 Å². The molecule has 1 amide bonds. The van der Waals surface area contributed by atoms with E-state index in [0.717, 1.165) is 24.1 Å². The van der Waals surface area contributed by atoms with E-state index in [0.29, 0.717) is 24.8 Å². The fraction of sp³-hybridized carbons (Fsp3) is 0.421. The number of aryl methyl sites for hydroxylation is 2. The third kappa shape index (κ3) is 4.92. The van der Waals surface area contributed by atoms with Crippen molar-refractivity contribution < 1.29 is 14.3 Å². The van der Waals surface area contributed by atoms with Gasteiger partial charge in [0.2, 0.25) is 5.88 Å². The number of hydrogen-bond donors (Lipinski definition) is 0. The van der Waals surface area contributed by atoms with Crippen LogP contribution in [-0.2, 0) is 11.3 Å². The van der Waals surface area contributed by atoms with Crippen LogP contribution in [0, 0.1) is 13.8 Å². The predicted octanol–water partition coefficient (Wildman–Crippen LogP) is 3.27. The lowest BCUT2D eigenvalue weighted by atomic mass is 10.1. The Hall–Kier alpha value is -2.63. The zero-order valence-corrected chi connectivity index (χ0v) is 14.6. The Morgan fingerprint density at radius 3 is 2.80 bits per heavy atom. The normalized spacial score (nSPS) is 17.2. The highest BCUT2D eigenvalue weighted by atomic mass is 16.6. The van der Waals surface area contributed by atoms with Gasteiger partial charge in [-0.2, -0.15) is 4.98 Å². The van der Waals surface area contributed by atoms with Crippen LogP contribution in [0.15, 0.2) is 36.4 Å². The lowest BCUT2D eigenvalue weighted by Gasteiger charge is -2.32. The Morgan fingerprint density at radius 2 is 2.04 bits per heavy atom. The molecule has 1 aliphatic rings. The van der Waals surface area contributed by atoms with Gasteiger partial charge in [-0.25, -0.2) is 9.78 Å². The van der Waals surface area contributed by atoms with Crippen molar-refractivity contribution in [3.05, 3.63) is 53.5 Å². The molecule has 132 valence electrons. The second kappa shape index (κ2) is 7.96. The number of carbonyl (C=O) groups excluding carboxylic acids is 1. The monoisotopic (exact) mass is 341 g/mol. The number of benzene rings is 1. The van der Waals surface area contributed by atoms with E-state index in [-0.39, 0.29) is 18.8 Å². The van der Waals surface area contributed by atoms with E-state index in [1.807, 2.05) is 50.2 Å². The third-order valence-electron chi connectivity index (χ3n) is 4.07. The Balaban J connectivity index is 1.54. The highest BCUT2D eigenvalue weighted by Crippen LogP contribution is 2.18. The Labute approximate surface area is 147 Å². The molecule has 1 unspecified atom stereocenters. The van der Waals surface area contributed by atoms with Crippen molar-refractivity contribution in [3.63, 3.8) is 0 Å². The predicted molar refractivity (Wildman–Crippen MR) is 93.4 cm³/mol. The van der Waals surface area contributed by atoms with Crippen LogP contribution in [0.5, 0.6) is 5.88 Å². The van der Waals surface area contributed by atoms with Crippen molar-refractivity contribution >= 4 is 6.09 Å². The smallest absolute Gasteiger partial charge is 0.410 e. The average molecular weight is 341 g/mol. The maximum Gasteiger partial charge on any atom is 0.410 e. The quantitative estimate of drug-likeness (QED) is 0.854. The molecule has 3 rings (SSSR count). The molecule has 6 nitrogen and oxygen atoms in total.